The number of hydrogen-bond acceptors (Lipinski definition) is 9. The second kappa shape index (κ2) is 13.2. The molecular formula is C30H30FN7O4S3. The lowest BCUT2D eigenvalue weighted by atomic mass is 10.0. The molecule has 0 spiro atoms. The van der Waals surface area contributed by atoms with Crippen LogP contribution in [0.15, 0.2) is 81.2 Å². The Morgan fingerprint density at radius 1 is 1.04 bits per heavy atom. The Bertz CT molecular complexity index is 1820. The molecule has 1 fully saturated rings. The average molecular weight is 668 g/mol. The second-order valence-electron chi connectivity index (χ2n) is 10.6. The first-order chi connectivity index (χ1) is 21.7. The minimum atomic E-state index is -3.56. The van der Waals surface area contributed by atoms with Crippen molar-refractivity contribution >= 4 is 50.6 Å². The number of aromatic nitrogens is 3. The van der Waals surface area contributed by atoms with Crippen molar-refractivity contribution in [3.8, 4) is 0 Å². The molecule has 4 heterocycles. The predicted molar refractivity (Wildman–Crippen MR) is 169 cm³/mol. The highest BCUT2D eigenvalue weighted by atomic mass is 32.2. The summed E-state index contributed by atoms with van der Waals surface area (Å²) in [6.45, 7) is 1.10. The lowest BCUT2D eigenvalue weighted by molar-refractivity contribution is -0.130. The highest BCUT2D eigenvalue weighted by Gasteiger charge is 2.34. The largest absolute Gasteiger partial charge is 0.345 e. The van der Waals surface area contributed by atoms with Crippen molar-refractivity contribution < 1.29 is 22.4 Å². The molecule has 1 saturated heterocycles. The van der Waals surface area contributed by atoms with Gasteiger partial charge in [-0.2, -0.15) is 9.41 Å². The first kappa shape index (κ1) is 31.1. The van der Waals surface area contributed by atoms with Crippen molar-refractivity contribution in [1.29, 1.82) is 0 Å². The van der Waals surface area contributed by atoms with Crippen LogP contribution in [0, 0.1) is 5.82 Å². The molecule has 45 heavy (non-hydrogen) atoms. The SMILES string of the molecule is Cn1c(CNC(=O)c2ccc(S(=O)(=O)N3CCCC3)cc2)nnc1SCC(=O)N1N=C(c2cccs2)CC1c1ccc(F)cc1. The van der Waals surface area contributed by atoms with Gasteiger partial charge in [-0.3, -0.25) is 9.59 Å². The van der Waals surface area contributed by atoms with Gasteiger partial charge in [-0.05, 0) is 66.2 Å². The Morgan fingerprint density at radius 3 is 2.47 bits per heavy atom. The van der Waals surface area contributed by atoms with Crippen molar-refractivity contribution in [2.75, 3.05) is 18.8 Å². The molecule has 2 amide bonds. The van der Waals surface area contributed by atoms with Crippen LogP contribution in [-0.2, 0) is 28.4 Å². The van der Waals surface area contributed by atoms with E-state index in [1.807, 2.05) is 17.5 Å². The Morgan fingerprint density at radius 2 is 1.78 bits per heavy atom. The smallest absolute Gasteiger partial charge is 0.253 e. The summed E-state index contributed by atoms with van der Waals surface area (Å²) in [4.78, 5) is 27.3. The number of halogens is 1. The van der Waals surface area contributed by atoms with Crippen molar-refractivity contribution in [3.63, 3.8) is 0 Å². The molecule has 11 nitrogen and oxygen atoms in total. The summed E-state index contributed by atoms with van der Waals surface area (Å²) in [5.41, 5.74) is 1.92. The fraction of sp³-hybridized carbons (Fsp3) is 0.300. The lowest BCUT2D eigenvalue weighted by Crippen LogP contribution is -2.28. The number of nitrogens with one attached hydrogen (secondary N) is 1. The van der Waals surface area contributed by atoms with Crippen LogP contribution in [0.1, 0.15) is 51.9 Å². The van der Waals surface area contributed by atoms with Gasteiger partial charge >= 0.3 is 0 Å². The molecule has 0 bridgehead atoms. The van der Waals surface area contributed by atoms with Gasteiger partial charge in [0.25, 0.3) is 11.8 Å². The van der Waals surface area contributed by atoms with E-state index in [1.165, 1.54) is 57.5 Å². The maximum absolute atomic E-state index is 13.6. The van der Waals surface area contributed by atoms with E-state index >= 15 is 0 Å². The molecule has 15 heteroatoms. The van der Waals surface area contributed by atoms with Crippen LogP contribution >= 0.6 is 23.1 Å². The number of thioether (sulfide) groups is 1. The van der Waals surface area contributed by atoms with Gasteiger partial charge in [0.2, 0.25) is 10.0 Å². The maximum Gasteiger partial charge on any atom is 0.253 e. The Labute approximate surface area is 268 Å². The van der Waals surface area contributed by atoms with E-state index in [0.717, 1.165) is 29.0 Å². The standard InChI is InChI=1S/C30H30FN7O4S3/c1-36-27(18-32-29(40)21-8-12-23(13-9-21)45(41,42)37-14-2-3-15-37)33-34-30(36)44-19-28(39)38-25(20-6-10-22(31)11-7-20)17-24(35-38)26-5-4-16-43-26/h4-13,16,25H,2-3,14-15,17-19H2,1H3,(H,32,40). The van der Waals surface area contributed by atoms with Gasteiger partial charge in [-0.1, -0.05) is 30.0 Å². The molecule has 4 aromatic rings. The van der Waals surface area contributed by atoms with Crippen LogP contribution in [0.4, 0.5) is 4.39 Å². The molecule has 2 aliphatic heterocycles. The summed E-state index contributed by atoms with van der Waals surface area (Å²) in [5, 5.41) is 19.7. The fourth-order valence-corrected chi connectivity index (χ4v) is 8.23. The number of amides is 2. The molecule has 0 radical (unpaired) electrons. The highest BCUT2D eigenvalue weighted by molar-refractivity contribution is 7.99. The van der Waals surface area contributed by atoms with Gasteiger partial charge < -0.3 is 9.88 Å². The van der Waals surface area contributed by atoms with Crippen molar-refractivity contribution in [3.05, 3.63) is 93.7 Å². The zero-order valence-corrected chi connectivity index (χ0v) is 26.7. The third kappa shape index (κ3) is 6.71. The number of hydrazone groups is 1. The van der Waals surface area contributed by atoms with Gasteiger partial charge in [0, 0.05) is 32.1 Å². The summed E-state index contributed by atoms with van der Waals surface area (Å²) < 4.78 is 42.3. The summed E-state index contributed by atoms with van der Waals surface area (Å²) in [6, 6.07) is 15.5. The lowest BCUT2D eigenvalue weighted by Gasteiger charge is -2.21. The Balaban J connectivity index is 1.07. The predicted octanol–water partition coefficient (Wildman–Crippen LogP) is 4.20. The van der Waals surface area contributed by atoms with Gasteiger partial charge in [-0.15, -0.1) is 21.5 Å². The van der Waals surface area contributed by atoms with E-state index in [2.05, 4.69) is 20.6 Å². The molecule has 1 unspecified atom stereocenters. The first-order valence-corrected chi connectivity index (χ1v) is 17.6. The number of rotatable bonds is 10. The zero-order chi connectivity index (χ0) is 31.6. The number of benzene rings is 2. The zero-order valence-electron chi connectivity index (χ0n) is 24.3. The average Bonchev–Trinajstić information content (AvgIpc) is 3.87. The molecule has 0 aliphatic carbocycles. The van der Waals surface area contributed by atoms with E-state index in [1.54, 1.807) is 35.1 Å². The number of nitrogens with zero attached hydrogens (tertiary/aromatic N) is 6. The highest BCUT2D eigenvalue weighted by Crippen LogP contribution is 2.34. The second-order valence-corrected chi connectivity index (χ2v) is 14.4. The molecule has 2 aromatic carbocycles. The normalized spacial score (nSPS) is 17.1. The molecule has 2 aliphatic rings. The maximum atomic E-state index is 13.6. The topological polar surface area (TPSA) is 130 Å². The molecule has 1 atom stereocenters. The van der Waals surface area contributed by atoms with Crippen molar-refractivity contribution in [1.82, 2.24) is 29.4 Å². The van der Waals surface area contributed by atoms with Crippen LogP contribution in [-0.4, -0.2) is 68.9 Å². The van der Waals surface area contributed by atoms with E-state index in [4.69, 9.17) is 0 Å². The minimum absolute atomic E-state index is 0.0456. The Hall–Kier alpha value is -3.92. The van der Waals surface area contributed by atoms with Gasteiger partial charge in [0.15, 0.2) is 11.0 Å². The van der Waals surface area contributed by atoms with Crippen molar-refractivity contribution in [2.24, 2.45) is 12.1 Å². The van der Waals surface area contributed by atoms with E-state index in [9.17, 15) is 22.4 Å². The minimum Gasteiger partial charge on any atom is -0.345 e. The van der Waals surface area contributed by atoms with Gasteiger partial charge in [0.1, 0.15) is 5.82 Å². The third-order valence-corrected chi connectivity index (χ3v) is 11.5. The molecule has 2 aromatic heterocycles. The monoisotopic (exact) mass is 667 g/mol. The summed E-state index contributed by atoms with van der Waals surface area (Å²) in [7, 11) is -1.81. The number of carbonyl (C=O) groups excluding carboxylic acids is 2. The number of thiophene rings is 1. The summed E-state index contributed by atoms with van der Waals surface area (Å²) in [5.74, 6) is -0.430. The first-order valence-electron chi connectivity index (χ1n) is 14.3. The van der Waals surface area contributed by atoms with Crippen LogP contribution in [0.5, 0.6) is 0 Å². The van der Waals surface area contributed by atoms with E-state index in [0.29, 0.717) is 36.1 Å². The molecule has 1 N–H and O–H groups in total. The van der Waals surface area contributed by atoms with Gasteiger partial charge in [-0.25, -0.2) is 17.8 Å². The molecule has 234 valence electrons. The third-order valence-electron chi connectivity index (χ3n) is 7.70. The van der Waals surface area contributed by atoms with Crippen molar-refractivity contribution in [2.45, 2.75) is 41.9 Å². The van der Waals surface area contributed by atoms with E-state index < -0.39 is 10.0 Å². The molecule has 0 saturated carbocycles. The number of carbonyl (C=O) groups is 2. The summed E-state index contributed by atoms with van der Waals surface area (Å²) >= 11 is 2.75. The van der Waals surface area contributed by atoms with E-state index in [-0.39, 0.29) is 40.9 Å². The van der Waals surface area contributed by atoms with Crippen LogP contribution in [0.3, 0.4) is 0 Å². The summed E-state index contributed by atoms with van der Waals surface area (Å²) in [6.07, 6.45) is 2.22. The number of sulfonamides is 1. The quantitative estimate of drug-likeness (QED) is 0.251. The van der Waals surface area contributed by atoms with Crippen LogP contribution < -0.4 is 5.32 Å². The fourth-order valence-electron chi connectivity index (χ4n) is 5.21. The molecule has 6 rings (SSSR count). The van der Waals surface area contributed by atoms with Crippen LogP contribution in [0.25, 0.3) is 0 Å². The van der Waals surface area contributed by atoms with Gasteiger partial charge in [0.05, 0.1) is 33.8 Å². The van der Waals surface area contributed by atoms with Crippen LogP contribution in [0.2, 0.25) is 0 Å². The number of hydrogen-bond donors (Lipinski definition) is 1. The Kier molecular flexibility index (Phi) is 9.12. The molecular weight excluding hydrogens is 638 g/mol.